The lowest BCUT2D eigenvalue weighted by atomic mass is 10.2. The number of nitro groups is 1. The van der Waals surface area contributed by atoms with Crippen molar-refractivity contribution in [3.8, 4) is 0 Å². The van der Waals surface area contributed by atoms with Crippen LogP contribution in [0.4, 0.5) is 17.3 Å². The molecule has 1 aromatic heterocycles. The summed E-state index contributed by atoms with van der Waals surface area (Å²) in [5.74, 6) is 5.37. The molecule has 0 amide bonds. The van der Waals surface area contributed by atoms with E-state index in [1.165, 1.54) is 6.33 Å². The number of nitrogens with two attached hydrogens (primary N) is 1. The summed E-state index contributed by atoms with van der Waals surface area (Å²) in [6.45, 7) is 3.99. The third-order valence-electron chi connectivity index (χ3n) is 2.47. The number of hydrazine groups is 1. The lowest BCUT2D eigenvalue weighted by Crippen LogP contribution is -2.20. The normalized spacial score (nSPS) is 10.4. The van der Waals surface area contributed by atoms with Gasteiger partial charge in [-0.2, -0.15) is 0 Å². The van der Waals surface area contributed by atoms with Crippen LogP contribution in [-0.4, -0.2) is 20.9 Å². The summed E-state index contributed by atoms with van der Waals surface area (Å²) in [6.07, 6.45) is 2.93. The predicted molar refractivity (Wildman–Crippen MR) is 64.5 cm³/mol. The molecule has 4 N–H and O–H groups in total. The van der Waals surface area contributed by atoms with Crippen molar-refractivity contribution in [3.63, 3.8) is 0 Å². The summed E-state index contributed by atoms with van der Waals surface area (Å²) in [4.78, 5) is 18.0. The van der Waals surface area contributed by atoms with E-state index in [9.17, 15) is 10.1 Å². The van der Waals surface area contributed by atoms with Crippen molar-refractivity contribution in [1.29, 1.82) is 0 Å². The Kier molecular flexibility index (Phi) is 4.58. The molecule has 0 bridgehead atoms. The molecule has 0 saturated carbocycles. The quantitative estimate of drug-likeness (QED) is 0.389. The fourth-order valence-corrected chi connectivity index (χ4v) is 1.45. The molecule has 0 saturated heterocycles. The Balaban J connectivity index is 3.09. The topological polar surface area (TPSA) is 119 Å². The van der Waals surface area contributed by atoms with Gasteiger partial charge in [0.25, 0.3) is 0 Å². The van der Waals surface area contributed by atoms with Crippen LogP contribution in [0.25, 0.3) is 0 Å². The second-order valence-electron chi connectivity index (χ2n) is 3.48. The second kappa shape index (κ2) is 5.94. The van der Waals surface area contributed by atoms with Crippen molar-refractivity contribution in [2.24, 2.45) is 5.84 Å². The van der Waals surface area contributed by atoms with Crippen molar-refractivity contribution in [1.82, 2.24) is 9.97 Å². The van der Waals surface area contributed by atoms with E-state index in [4.69, 9.17) is 5.84 Å². The largest absolute Gasteiger partial charge is 0.361 e. The molecule has 0 atom stereocenters. The van der Waals surface area contributed by atoms with Gasteiger partial charge in [-0.05, 0) is 12.8 Å². The van der Waals surface area contributed by atoms with Crippen LogP contribution in [0.3, 0.4) is 0 Å². The highest BCUT2D eigenvalue weighted by molar-refractivity contribution is 5.68. The Bertz CT molecular complexity index is 393. The zero-order valence-electron chi connectivity index (χ0n) is 9.80. The molecule has 0 aliphatic carbocycles. The minimum atomic E-state index is -0.556. The Morgan fingerprint density at radius 3 is 2.47 bits per heavy atom. The standard InChI is InChI=1S/C9H16N6O2/c1-3-6(4-2)13-8-7(15(16)17)9(14-10)12-5-11-8/h5-6H,3-4,10H2,1-2H3,(H2,11,12,13,14). The highest BCUT2D eigenvalue weighted by Gasteiger charge is 2.23. The molecule has 1 aromatic rings. The van der Waals surface area contributed by atoms with E-state index < -0.39 is 4.92 Å². The van der Waals surface area contributed by atoms with Crippen molar-refractivity contribution in [2.45, 2.75) is 32.7 Å². The van der Waals surface area contributed by atoms with Crippen LogP contribution in [0.15, 0.2) is 6.33 Å². The van der Waals surface area contributed by atoms with Gasteiger partial charge in [-0.25, -0.2) is 15.8 Å². The molecular formula is C9H16N6O2. The minimum absolute atomic E-state index is 0.00143. The monoisotopic (exact) mass is 240 g/mol. The molecule has 1 heterocycles. The fraction of sp³-hybridized carbons (Fsp3) is 0.556. The number of hydrogen-bond acceptors (Lipinski definition) is 7. The number of rotatable bonds is 6. The molecule has 0 unspecified atom stereocenters. The lowest BCUT2D eigenvalue weighted by molar-refractivity contribution is -0.383. The van der Waals surface area contributed by atoms with Crippen molar-refractivity contribution in [2.75, 3.05) is 10.7 Å². The van der Waals surface area contributed by atoms with E-state index in [0.717, 1.165) is 12.8 Å². The average Bonchev–Trinajstić information content (AvgIpc) is 2.34. The number of anilines is 2. The second-order valence-corrected chi connectivity index (χ2v) is 3.48. The molecule has 0 radical (unpaired) electrons. The number of nitrogens with one attached hydrogen (secondary N) is 2. The molecule has 8 heteroatoms. The van der Waals surface area contributed by atoms with Crippen molar-refractivity contribution in [3.05, 3.63) is 16.4 Å². The lowest BCUT2D eigenvalue weighted by Gasteiger charge is -2.15. The van der Waals surface area contributed by atoms with Gasteiger partial charge in [0.05, 0.1) is 4.92 Å². The maximum atomic E-state index is 10.9. The molecule has 0 aliphatic rings. The van der Waals surface area contributed by atoms with Crippen LogP contribution in [0.1, 0.15) is 26.7 Å². The Morgan fingerprint density at radius 1 is 1.41 bits per heavy atom. The first-order chi connectivity index (χ1) is 8.13. The molecule has 0 aromatic carbocycles. The van der Waals surface area contributed by atoms with Crippen LogP contribution in [0, 0.1) is 10.1 Å². The van der Waals surface area contributed by atoms with Crippen LogP contribution in [0.5, 0.6) is 0 Å². The van der Waals surface area contributed by atoms with E-state index in [-0.39, 0.29) is 23.4 Å². The van der Waals surface area contributed by atoms with Crippen LogP contribution in [-0.2, 0) is 0 Å². The molecule has 0 spiro atoms. The number of nitrogens with zero attached hydrogens (tertiary/aromatic N) is 3. The van der Waals surface area contributed by atoms with E-state index in [1.807, 2.05) is 13.8 Å². The Morgan fingerprint density at radius 2 is 2.00 bits per heavy atom. The maximum absolute atomic E-state index is 10.9. The van der Waals surface area contributed by atoms with Gasteiger partial charge in [0, 0.05) is 6.04 Å². The summed E-state index contributed by atoms with van der Waals surface area (Å²) in [7, 11) is 0. The van der Waals surface area contributed by atoms with E-state index >= 15 is 0 Å². The third-order valence-corrected chi connectivity index (χ3v) is 2.47. The third kappa shape index (κ3) is 3.00. The van der Waals surface area contributed by atoms with Crippen LogP contribution < -0.4 is 16.6 Å². The van der Waals surface area contributed by atoms with Gasteiger partial charge >= 0.3 is 5.69 Å². The van der Waals surface area contributed by atoms with Crippen LogP contribution >= 0.6 is 0 Å². The molecule has 0 fully saturated rings. The zero-order chi connectivity index (χ0) is 12.8. The minimum Gasteiger partial charge on any atom is -0.361 e. The van der Waals surface area contributed by atoms with E-state index in [0.29, 0.717) is 0 Å². The van der Waals surface area contributed by atoms with Gasteiger partial charge in [0.1, 0.15) is 6.33 Å². The van der Waals surface area contributed by atoms with Gasteiger partial charge in [0.2, 0.25) is 11.6 Å². The Hall–Kier alpha value is -1.96. The maximum Gasteiger partial charge on any atom is 0.354 e. The summed E-state index contributed by atoms with van der Waals surface area (Å²) in [5, 5.41) is 14.0. The van der Waals surface area contributed by atoms with Crippen molar-refractivity contribution >= 4 is 17.3 Å². The summed E-state index contributed by atoms with van der Waals surface area (Å²) < 4.78 is 0. The molecule has 94 valence electrons. The summed E-state index contributed by atoms with van der Waals surface area (Å²) >= 11 is 0. The summed E-state index contributed by atoms with van der Waals surface area (Å²) in [6, 6.07) is 0.134. The number of nitrogen functional groups attached to an aromatic ring is 1. The van der Waals surface area contributed by atoms with Crippen molar-refractivity contribution < 1.29 is 4.92 Å². The highest BCUT2D eigenvalue weighted by atomic mass is 16.6. The van der Waals surface area contributed by atoms with Crippen LogP contribution in [0.2, 0.25) is 0 Å². The van der Waals surface area contributed by atoms with E-state index in [2.05, 4.69) is 20.7 Å². The summed E-state index contributed by atoms with van der Waals surface area (Å²) in [5.41, 5.74) is 1.96. The van der Waals surface area contributed by atoms with Gasteiger partial charge in [-0.1, -0.05) is 13.8 Å². The van der Waals surface area contributed by atoms with Gasteiger partial charge in [-0.3, -0.25) is 10.1 Å². The molecular weight excluding hydrogens is 224 g/mol. The molecule has 8 nitrogen and oxygen atoms in total. The van der Waals surface area contributed by atoms with E-state index in [1.54, 1.807) is 0 Å². The first-order valence-electron chi connectivity index (χ1n) is 5.36. The molecule has 0 aliphatic heterocycles. The number of hydrogen-bond donors (Lipinski definition) is 3. The Labute approximate surface area is 98.8 Å². The van der Waals surface area contributed by atoms with Gasteiger partial charge in [0.15, 0.2) is 0 Å². The van der Waals surface area contributed by atoms with Gasteiger partial charge < -0.3 is 10.7 Å². The number of aromatic nitrogens is 2. The fourth-order valence-electron chi connectivity index (χ4n) is 1.45. The SMILES string of the molecule is CCC(CC)Nc1ncnc(NN)c1[N+](=O)[O-]. The average molecular weight is 240 g/mol. The first kappa shape index (κ1) is 13.1. The zero-order valence-corrected chi connectivity index (χ0v) is 9.80. The highest BCUT2D eigenvalue weighted by Crippen LogP contribution is 2.28. The van der Waals surface area contributed by atoms with Gasteiger partial charge in [-0.15, -0.1) is 0 Å². The molecule has 1 rings (SSSR count). The predicted octanol–water partition coefficient (Wildman–Crippen LogP) is 1.27. The first-order valence-corrected chi connectivity index (χ1v) is 5.36. The molecule has 17 heavy (non-hydrogen) atoms. The smallest absolute Gasteiger partial charge is 0.354 e.